The van der Waals surface area contributed by atoms with Crippen LogP contribution in [0.5, 0.6) is 5.75 Å². The van der Waals surface area contributed by atoms with Crippen LogP contribution in [0.25, 0.3) is 0 Å². The van der Waals surface area contributed by atoms with Crippen LogP contribution in [0.1, 0.15) is 41.8 Å². The van der Waals surface area contributed by atoms with Crippen molar-refractivity contribution < 1.29 is 17.9 Å². The van der Waals surface area contributed by atoms with Crippen molar-refractivity contribution in [3.05, 3.63) is 80.5 Å². The number of methoxy groups -OCH3 is 1. The first-order valence-electron chi connectivity index (χ1n) is 11.6. The van der Waals surface area contributed by atoms with Crippen molar-refractivity contribution in [1.29, 1.82) is 0 Å². The molecule has 0 radical (unpaired) electrons. The summed E-state index contributed by atoms with van der Waals surface area (Å²) in [5, 5.41) is 2.06. The van der Waals surface area contributed by atoms with Crippen molar-refractivity contribution >= 4 is 43.2 Å². The number of unbranched alkanes of at least 4 members (excludes halogenated alkanes) is 1. The van der Waals surface area contributed by atoms with Gasteiger partial charge >= 0.3 is 0 Å². The summed E-state index contributed by atoms with van der Waals surface area (Å²) in [6.45, 7) is 2.66. The van der Waals surface area contributed by atoms with Gasteiger partial charge in [-0.2, -0.15) is 4.31 Å². The van der Waals surface area contributed by atoms with Crippen LogP contribution >= 0.6 is 27.3 Å². The number of hydrogen-bond acceptors (Lipinski definition) is 5. The average Bonchev–Trinajstić information content (AvgIpc) is 3.35. The topological polar surface area (TPSA) is 66.9 Å². The van der Waals surface area contributed by atoms with E-state index in [9.17, 15) is 13.2 Å². The average molecular weight is 578 g/mol. The van der Waals surface area contributed by atoms with E-state index in [4.69, 9.17) is 4.74 Å². The highest BCUT2D eigenvalue weighted by Crippen LogP contribution is 2.38. The molecule has 2 aromatic carbocycles. The zero-order chi connectivity index (χ0) is 25.0. The van der Waals surface area contributed by atoms with Crippen LogP contribution < -0.4 is 4.74 Å². The Hall–Kier alpha value is -2.20. The van der Waals surface area contributed by atoms with E-state index < -0.39 is 10.0 Å². The summed E-state index contributed by atoms with van der Waals surface area (Å²) >= 11 is 5.06. The van der Waals surface area contributed by atoms with Crippen molar-refractivity contribution in [3.8, 4) is 5.75 Å². The van der Waals surface area contributed by atoms with E-state index >= 15 is 0 Å². The normalized spacial score (nSPS) is 15.8. The second-order valence-electron chi connectivity index (χ2n) is 8.46. The number of carbonyl (C=O) groups excluding carboxylic acids is 1. The molecule has 1 amide bonds. The molecule has 0 fully saturated rings. The lowest BCUT2D eigenvalue weighted by Gasteiger charge is -2.37. The number of halogens is 1. The minimum atomic E-state index is -3.81. The first kappa shape index (κ1) is 25.9. The van der Waals surface area contributed by atoms with Crippen LogP contribution in [0.15, 0.2) is 69.3 Å². The maximum Gasteiger partial charge on any atom is 0.243 e. The lowest BCUT2D eigenvalue weighted by Crippen LogP contribution is -2.47. The van der Waals surface area contributed by atoms with Crippen LogP contribution in [-0.4, -0.2) is 50.3 Å². The van der Waals surface area contributed by atoms with Crippen molar-refractivity contribution in [2.75, 3.05) is 26.7 Å². The van der Waals surface area contributed by atoms with E-state index in [0.717, 1.165) is 34.2 Å². The molecule has 0 bridgehead atoms. The number of benzene rings is 2. The minimum Gasteiger partial charge on any atom is -0.497 e. The molecular formula is C26H29BrN2O4S2. The molecule has 1 aliphatic rings. The standard InChI is InChI=1S/C26H29BrN2O4S2/c1-3-4-15-28(35(31,32)22-11-7-20(27)8-12-22)18-25(30)29-16-13-24-23(14-17-34-24)26(29)19-5-9-21(33-2)10-6-19/h5-12,14,17,26H,3-4,13,15-16,18H2,1-2H3. The first-order chi connectivity index (χ1) is 16.8. The molecule has 1 atom stereocenters. The van der Waals surface area contributed by atoms with Crippen molar-refractivity contribution in [2.45, 2.75) is 37.1 Å². The molecule has 0 saturated carbocycles. The lowest BCUT2D eigenvalue weighted by atomic mass is 9.93. The van der Waals surface area contributed by atoms with E-state index in [1.807, 2.05) is 36.1 Å². The molecule has 3 aromatic rings. The Labute approximate surface area is 219 Å². The van der Waals surface area contributed by atoms with E-state index in [2.05, 4.69) is 27.4 Å². The molecule has 2 heterocycles. The number of amides is 1. The van der Waals surface area contributed by atoms with Gasteiger partial charge in [0.25, 0.3) is 0 Å². The van der Waals surface area contributed by atoms with Gasteiger partial charge in [-0.3, -0.25) is 4.79 Å². The molecule has 0 spiro atoms. The largest absolute Gasteiger partial charge is 0.497 e. The summed E-state index contributed by atoms with van der Waals surface area (Å²) in [5.74, 6) is 0.554. The Morgan fingerprint density at radius 3 is 2.51 bits per heavy atom. The second-order valence-corrected chi connectivity index (χ2v) is 12.3. The van der Waals surface area contributed by atoms with Gasteiger partial charge in [0.1, 0.15) is 5.75 Å². The van der Waals surface area contributed by atoms with E-state index in [1.54, 1.807) is 42.7 Å². The second kappa shape index (κ2) is 11.2. The lowest BCUT2D eigenvalue weighted by molar-refractivity contribution is -0.133. The molecule has 0 aliphatic carbocycles. The van der Waals surface area contributed by atoms with Gasteiger partial charge in [-0.15, -0.1) is 11.3 Å². The summed E-state index contributed by atoms with van der Waals surface area (Å²) in [6, 6.07) is 16.1. The first-order valence-corrected chi connectivity index (χ1v) is 14.7. The van der Waals surface area contributed by atoms with Gasteiger partial charge < -0.3 is 9.64 Å². The molecule has 0 saturated heterocycles. The monoisotopic (exact) mass is 576 g/mol. The molecule has 4 rings (SSSR count). The Bertz CT molecular complexity index is 1260. The Balaban J connectivity index is 1.64. The summed E-state index contributed by atoms with van der Waals surface area (Å²) in [7, 11) is -2.19. The number of nitrogens with zero attached hydrogens (tertiary/aromatic N) is 2. The maximum atomic E-state index is 13.7. The fourth-order valence-corrected chi connectivity index (χ4v) is 6.94. The summed E-state index contributed by atoms with van der Waals surface area (Å²) in [6.07, 6.45) is 2.27. The van der Waals surface area contributed by atoms with Gasteiger partial charge in [0, 0.05) is 22.4 Å². The quantitative estimate of drug-likeness (QED) is 0.338. The zero-order valence-corrected chi connectivity index (χ0v) is 23.0. The number of ether oxygens (including phenoxy) is 1. The van der Waals surface area contributed by atoms with Crippen LogP contribution in [0.2, 0.25) is 0 Å². The van der Waals surface area contributed by atoms with Crippen LogP contribution in [0, 0.1) is 0 Å². The minimum absolute atomic E-state index is 0.190. The number of hydrogen-bond donors (Lipinski definition) is 0. The maximum absolute atomic E-state index is 13.7. The SMILES string of the molecule is CCCCN(CC(=O)N1CCc2sccc2C1c1ccc(OC)cc1)S(=O)(=O)c1ccc(Br)cc1. The van der Waals surface area contributed by atoms with Crippen LogP contribution in [0.3, 0.4) is 0 Å². The van der Waals surface area contributed by atoms with E-state index in [0.29, 0.717) is 19.5 Å². The van der Waals surface area contributed by atoms with Gasteiger partial charge in [-0.05, 0) is 71.8 Å². The third-order valence-electron chi connectivity index (χ3n) is 6.24. The Kier molecular flexibility index (Phi) is 8.31. The third-order valence-corrected chi connectivity index (χ3v) is 9.63. The van der Waals surface area contributed by atoms with Gasteiger partial charge in [-0.1, -0.05) is 41.4 Å². The fourth-order valence-electron chi connectivity index (χ4n) is 4.35. The van der Waals surface area contributed by atoms with Crippen LogP contribution in [0.4, 0.5) is 0 Å². The van der Waals surface area contributed by atoms with E-state index in [1.165, 1.54) is 9.18 Å². The number of carbonyl (C=O) groups is 1. The van der Waals surface area contributed by atoms with Crippen molar-refractivity contribution in [3.63, 3.8) is 0 Å². The number of rotatable bonds is 9. The predicted octanol–water partition coefficient (Wildman–Crippen LogP) is 5.48. The number of thiophene rings is 1. The third kappa shape index (κ3) is 5.63. The fraction of sp³-hybridized carbons (Fsp3) is 0.346. The molecule has 35 heavy (non-hydrogen) atoms. The highest BCUT2D eigenvalue weighted by molar-refractivity contribution is 9.10. The van der Waals surface area contributed by atoms with Gasteiger partial charge in [0.2, 0.25) is 15.9 Å². The molecule has 9 heteroatoms. The summed E-state index contributed by atoms with van der Waals surface area (Å²) in [4.78, 5) is 17.0. The Morgan fingerprint density at radius 1 is 1.14 bits per heavy atom. The molecular weight excluding hydrogens is 548 g/mol. The summed E-state index contributed by atoms with van der Waals surface area (Å²) < 4.78 is 34.4. The zero-order valence-electron chi connectivity index (χ0n) is 19.8. The van der Waals surface area contributed by atoms with Crippen molar-refractivity contribution in [2.24, 2.45) is 0 Å². The smallest absolute Gasteiger partial charge is 0.243 e. The number of fused-ring (bicyclic) bond motifs is 1. The van der Waals surface area contributed by atoms with Crippen molar-refractivity contribution in [1.82, 2.24) is 9.21 Å². The molecule has 186 valence electrons. The van der Waals surface area contributed by atoms with E-state index in [-0.39, 0.29) is 23.4 Å². The Morgan fingerprint density at radius 2 is 1.86 bits per heavy atom. The number of sulfonamides is 1. The highest BCUT2D eigenvalue weighted by Gasteiger charge is 2.35. The molecule has 1 aromatic heterocycles. The van der Waals surface area contributed by atoms with Gasteiger partial charge in [0.05, 0.1) is 24.6 Å². The predicted molar refractivity (Wildman–Crippen MR) is 142 cm³/mol. The molecule has 0 N–H and O–H groups in total. The van der Waals surface area contributed by atoms with Crippen LogP contribution in [-0.2, 0) is 21.2 Å². The summed E-state index contributed by atoms with van der Waals surface area (Å²) in [5.41, 5.74) is 2.09. The highest BCUT2D eigenvalue weighted by atomic mass is 79.9. The molecule has 1 aliphatic heterocycles. The molecule has 6 nitrogen and oxygen atoms in total. The van der Waals surface area contributed by atoms with Gasteiger partial charge in [-0.25, -0.2) is 8.42 Å². The van der Waals surface area contributed by atoms with Gasteiger partial charge in [0.15, 0.2) is 0 Å². The molecule has 1 unspecified atom stereocenters.